The molecule has 0 saturated carbocycles. The molecule has 0 fully saturated rings. The molecule has 0 saturated heterocycles. The van der Waals surface area contributed by atoms with E-state index in [-0.39, 0.29) is 5.88 Å². The van der Waals surface area contributed by atoms with E-state index < -0.39 is 0 Å². The Labute approximate surface area is 64.8 Å². The maximum absolute atomic E-state index is 8.59. The SMILES string of the molecule is CN(C)c1oc(N)cc1C#N. The molecule has 1 rings (SSSR count). The van der Waals surface area contributed by atoms with Gasteiger partial charge >= 0.3 is 0 Å². The lowest BCUT2D eigenvalue weighted by Crippen LogP contribution is -2.08. The van der Waals surface area contributed by atoms with E-state index in [4.69, 9.17) is 15.4 Å². The molecule has 0 aromatic carbocycles. The third-order valence-electron chi connectivity index (χ3n) is 1.26. The Balaban J connectivity index is 3.15. The average Bonchev–Trinajstić information content (AvgIpc) is 2.30. The van der Waals surface area contributed by atoms with Gasteiger partial charge in [0, 0.05) is 20.2 Å². The summed E-state index contributed by atoms with van der Waals surface area (Å²) in [5.74, 6) is 0.773. The van der Waals surface area contributed by atoms with Crippen LogP contribution in [0.2, 0.25) is 0 Å². The molecule has 0 aliphatic rings. The second-order valence-corrected chi connectivity index (χ2v) is 2.37. The largest absolute Gasteiger partial charge is 0.424 e. The van der Waals surface area contributed by atoms with Gasteiger partial charge in [0.25, 0.3) is 0 Å². The van der Waals surface area contributed by atoms with Crippen molar-refractivity contribution in [3.8, 4) is 6.07 Å². The molecule has 4 nitrogen and oxygen atoms in total. The first kappa shape index (κ1) is 7.48. The molecule has 0 amide bonds. The number of nitriles is 1. The number of nitrogen functional groups attached to an aromatic ring is 1. The van der Waals surface area contributed by atoms with E-state index in [0.29, 0.717) is 11.4 Å². The van der Waals surface area contributed by atoms with Crippen LogP contribution in [0, 0.1) is 11.3 Å². The van der Waals surface area contributed by atoms with E-state index in [1.807, 2.05) is 6.07 Å². The van der Waals surface area contributed by atoms with Crippen LogP contribution in [0.1, 0.15) is 5.56 Å². The molecule has 0 atom stereocenters. The number of hydrogen-bond acceptors (Lipinski definition) is 4. The van der Waals surface area contributed by atoms with Crippen molar-refractivity contribution in [3.63, 3.8) is 0 Å². The van der Waals surface area contributed by atoms with Gasteiger partial charge in [-0.05, 0) is 0 Å². The highest BCUT2D eigenvalue weighted by atomic mass is 16.4. The molecular weight excluding hydrogens is 142 g/mol. The van der Waals surface area contributed by atoms with Crippen LogP contribution in [-0.4, -0.2) is 14.1 Å². The zero-order chi connectivity index (χ0) is 8.43. The fraction of sp³-hybridized carbons (Fsp3) is 0.286. The van der Waals surface area contributed by atoms with E-state index in [2.05, 4.69) is 0 Å². The maximum atomic E-state index is 8.59. The van der Waals surface area contributed by atoms with Crippen LogP contribution in [0.25, 0.3) is 0 Å². The Morgan fingerprint density at radius 2 is 2.27 bits per heavy atom. The van der Waals surface area contributed by atoms with E-state index in [9.17, 15) is 0 Å². The Kier molecular flexibility index (Phi) is 1.73. The molecule has 0 unspecified atom stereocenters. The molecule has 1 aromatic heterocycles. The lowest BCUT2D eigenvalue weighted by molar-refractivity contribution is 0.583. The van der Waals surface area contributed by atoms with Crippen molar-refractivity contribution in [3.05, 3.63) is 11.6 Å². The van der Waals surface area contributed by atoms with Crippen LogP contribution in [-0.2, 0) is 0 Å². The molecular formula is C7H9N3O. The van der Waals surface area contributed by atoms with Gasteiger partial charge in [-0.2, -0.15) is 5.26 Å². The predicted octanol–water partition coefficient (Wildman–Crippen LogP) is 0.799. The van der Waals surface area contributed by atoms with E-state index >= 15 is 0 Å². The van der Waals surface area contributed by atoms with Gasteiger partial charge in [0.15, 0.2) is 5.88 Å². The molecule has 0 aliphatic heterocycles. The van der Waals surface area contributed by atoms with E-state index in [1.54, 1.807) is 19.0 Å². The monoisotopic (exact) mass is 151 g/mol. The number of furan rings is 1. The molecule has 1 aromatic rings. The molecule has 58 valence electrons. The number of hydrogen-bond donors (Lipinski definition) is 1. The number of nitrogens with zero attached hydrogens (tertiary/aromatic N) is 2. The number of rotatable bonds is 1. The van der Waals surface area contributed by atoms with Crippen LogP contribution < -0.4 is 10.6 Å². The smallest absolute Gasteiger partial charge is 0.215 e. The molecule has 2 N–H and O–H groups in total. The minimum absolute atomic E-state index is 0.269. The summed E-state index contributed by atoms with van der Waals surface area (Å²) in [6.07, 6.45) is 0. The summed E-state index contributed by atoms with van der Waals surface area (Å²) in [5, 5.41) is 8.59. The van der Waals surface area contributed by atoms with Gasteiger partial charge in [0.05, 0.1) is 0 Å². The summed E-state index contributed by atoms with van der Waals surface area (Å²) in [4.78, 5) is 1.70. The second kappa shape index (κ2) is 2.54. The predicted molar refractivity (Wildman–Crippen MR) is 42.2 cm³/mol. The first-order valence-corrected chi connectivity index (χ1v) is 3.12. The topological polar surface area (TPSA) is 66.2 Å². The third kappa shape index (κ3) is 1.27. The zero-order valence-corrected chi connectivity index (χ0v) is 6.46. The Hall–Kier alpha value is -1.63. The highest BCUT2D eigenvalue weighted by molar-refractivity contribution is 5.56. The fourth-order valence-corrected chi connectivity index (χ4v) is 0.812. The number of anilines is 2. The summed E-state index contributed by atoms with van der Waals surface area (Å²) in [6, 6.07) is 3.49. The number of nitrogens with two attached hydrogens (primary N) is 1. The van der Waals surface area contributed by atoms with Gasteiger partial charge in [-0.25, -0.2) is 0 Å². The van der Waals surface area contributed by atoms with Gasteiger partial charge in [0.2, 0.25) is 5.88 Å². The summed E-state index contributed by atoms with van der Waals surface area (Å²) < 4.78 is 5.05. The van der Waals surface area contributed by atoms with Gasteiger partial charge in [-0.15, -0.1) is 0 Å². The van der Waals surface area contributed by atoms with Crippen molar-refractivity contribution < 1.29 is 4.42 Å². The van der Waals surface area contributed by atoms with Crippen molar-refractivity contribution in [1.29, 1.82) is 5.26 Å². The normalized spacial score (nSPS) is 9.18. The Bertz CT molecular complexity index is 295. The minimum atomic E-state index is 0.269. The summed E-state index contributed by atoms with van der Waals surface area (Å²) in [5.41, 5.74) is 5.81. The summed E-state index contributed by atoms with van der Waals surface area (Å²) in [7, 11) is 3.58. The van der Waals surface area contributed by atoms with Crippen LogP contribution in [0.5, 0.6) is 0 Å². The average molecular weight is 151 g/mol. The molecule has 0 spiro atoms. The standard InChI is InChI=1S/C7H9N3O/c1-10(2)7-5(4-8)3-6(9)11-7/h3H,9H2,1-2H3. The van der Waals surface area contributed by atoms with Crippen molar-refractivity contribution in [2.75, 3.05) is 24.7 Å². The lowest BCUT2D eigenvalue weighted by Gasteiger charge is -2.06. The minimum Gasteiger partial charge on any atom is -0.424 e. The van der Waals surface area contributed by atoms with Gasteiger partial charge in [0.1, 0.15) is 11.6 Å². The molecule has 0 aliphatic carbocycles. The summed E-state index contributed by atoms with van der Waals surface area (Å²) >= 11 is 0. The van der Waals surface area contributed by atoms with Crippen molar-refractivity contribution in [1.82, 2.24) is 0 Å². The van der Waals surface area contributed by atoms with Crippen LogP contribution in [0.3, 0.4) is 0 Å². The first-order valence-electron chi connectivity index (χ1n) is 3.12. The fourth-order valence-electron chi connectivity index (χ4n) is 0.812. The van der Waals surface area contributed by atoms with Crippen LogP contribution in [0.4, 0.5) is 11.8 Å². The van der Waals surface area contributed by atoms with E-state index in [1.165, 1.54) is 6.07 Å². The molecule has 1 heterocycles. The Morgan fingerprint density at radius 3 is 2.64 bits per heavy atom. The van der Waals surface area contributed by atoms with Crippen molar-refractivity contribution in [2.24, 2.45) is 0 Å². The van der Waals surface area contributed by atoms with Gasteiger partial charge in [-0.3, -0.25) is 0 Å². The van der Waals surface area contributed by atoms with Gasteiger partial charge in [-0.1, -0.05) is 0 Å². The molecule has 0 radical (unpaired) electrons. The van der Waals surface area contributed by atoms with Crippen molar-refractivity contribution >= 4 is 11.8 Å². The van der Waals surface area contributed by atoms with E-state index in [0.717, 1.165) is 0 Å². The third-order valence-corrected chi connectivity index (χ3v) is 1.26. The molecule has 0 bridgehead atoms. The quantitative estimate of drug-likeness (QED) is 0.644. The van der Waals surface area contributed by atoms with Crippen molar-refractivity contribution in [2.45, 2.75) is 0 Å². The first-order chi connectivity index (χ1) is 5.15. The van der Waals surface area contributed by atoms with Crippen LogP contribution >= 0.6 is 0 Å². The van der Waals surface area contributed by atoms with Gasteiger partial charge < -0.3 is 15.1 Å². The second-order valence-electron chi connectivity index (χ2n) is 2.37. The maximum Gasteiger partial charge on any atom is 0.215 e. The molecule has 11 heavy (non-hydrogen) atoms. The summed E-state index contributed by atoms with van der Waals surface area (Å²) in [6.45, 7) is 0. The highest BCUT2D eigenvalue weighted by Gasteiger charge is 2.09. The lowest BCUT2D eigenvalue weighted by atomic mass is 10.3. The highest BCUT2D eigenvalue weighted by Crippen LogP contribution is 2.23. The zero-order valence-electron chi connectivity index (χ0n) is 6.46. The molecule has 4 heteroatoms. The Morgan fingerprint density at radius 1 is 1.64 bits per heavy atom. The van der Waals surface area contributed by atoms with Crippen LogP contribution in [0.15, 0.2) is 10.5 Å².